The summed E-state index contributed by atoms with van der Waals surface area (Å²) in [6.07, 6.45) is 0. The molecule has 2 aromatic carbocycles. The summed E-state index contributed by atoms with van der Waals surface area (Å²) in [5.74, 6) is -1.57. The van der Waals surface area contributed by atoms with Crippen molar-refractivity contribution in [3.63, 3.8) is 0 Å². The number of anilines is 1. The van der Waals surface area contributed by atoms with E-state index in [9.17, 15) is 9.18 Å². The van der Waals surface area contributed by atoms with Crippen LogP contribution in [0.4, 0.5) is 10.1 Å². The average Bonchev–Trinajstić information content (AvgIpc) is 2.46. The van der Waals surface area contributed by atoms with Crippen molar-refractivity contribution in [2.45, 2.75) is 6.54 Å². The molecule has 0 fully saturated rings. The van der Waals surface area contributed by atoms with Crippen LogP contribution < -0.4 is 5.32 Å². The normalized spacial score (nSPS) is 9.80. The van der Waals surface area contributed by atoms with Gasteiger partial charge < -0.3 is 10.4 Å². The minimum Gasteiger partial charge on any atom is -0.478 e. The number of aromatic carboxylic acids is 1. The molecule has 0 heterocycles. The van der Waals surface area contributed by atoms with Gasteiger partial charge in [-0.2, -0.15) is 5.26 Å². The molecule has 4 nitrogen and oxygen atoms in total. The Morgan fingerprint density at radius 1 is 1.30 bits per heavy atom. The summed E-state index contributed by atoms with van der Waals surface area (Å²) < 4.78 is 13.6. The van der Waals surface area contributed by atoms with Gasteiger partial charge in [-0.15, -0.1) is 0 Å². The Hall–Kier alpha value is -2.87. The summed E-state index contributed by atoms with van der Waals surface area (Å²) in [6, 6.07) is 12.4. The van der Waals surface area contributed by atoms with Crippen LogP contribution in [-0.4, -0.2) is 11.1 Å². The Bertz CT molecular complexity index is 693. The molecule has 2 aromatic rings. The van der Waals surface area contributed by atoms with Crippen LogP contribution >= 0.6 is 0 Å². The Labute approximate surface area is 115 Å². The van der Waals surface area contributed by atoms with Crippen molar-refractivity contribution in [3.05, 3.63) is 65.0 Å². The first-order valence-corrected chi connectivity index (χ1v) is 5.86. The molecule has 0 atom stereocenters. The largest absolute Gasteiger partial charge is 0.478 e. The molecule has 2 rings (SSSR count). The predicted octanol–water partition coefficient (Wildman–Crippen LogP) is 3.01. The van der Waals surface area contributed by atoms with E-state index in [0.717, 1.165) is 6.07 Å². The number of rotatable bonds is 4. The SMILES string of the molecule is N#Cc1cccc(NCc2cc(C(=O)O)ccc2F)c1. The smallest absolute Gasteiger partial charge is 0.335 e. The van der Waals surface area contributed by atoms with Gasteiger partial charge in [0, 0.05) is 17.8 Å². The number of hydrogen-bond donors (Lipinski definition) is 2. The van der Waals surface area contributed by atoms with Gasteiger partial charge in [-0.25, -0.2) is 9.18 Å². The first-order chi connectivity index (χ1) is 9.60. The summed E-state index contributed by atoms with van der Waals surface area (Å²) in [7, 11) is 0. The minimum atomic E-state index is -1.10. The highest BCUT2D eigenvalue weighted by Gasteiger charge is 2.08. The quantitative estimate of drug-likeness (QED) is 0.895. The third-order valence-corrected chi connectivity index (χ3v) is 2.77. The van der Waals surface area contributed by atoms with Gasteiger partial charge in [-0.05, 0) is 36.4 Å². The lowest BCUT2D eigenvalue weighted by atomic mass is 10.1. The summed E-state index contributed by atoms with van der Waals surface area (Å²) >= 11 is 0. The van der Waals surface area contributed by atoms with Gasteiger partial charge in [0.1, 0.15) is 5.82 Å². The topological polar surface area (TPSA) is 73.1 Å². The molecule has 0 unspecified atom stereocenters. The number of halogens is 1. The van der Waals surface area contributed by atoms with E-state index in [1.165, 1.54) is 12.1 Å². The standard InChI is InChI=1S/C15H11FN2O2/c16-14-5-4-11(15(19)20)7-12(14)9-18-13-3-1-2-10(6-13)8-17/h1-7,18H,9H2,(H,19,20). The molecule has 100 valence electrons. The van der Waals surface area contributed by atoms with Crippen molar-refractivity contribution in [1.29, 1.82) is 5.26 Å². The molecule has 0 saturated carbocycles. The molecule has 0 amide bonds. The number of benzene rings is 2. The van der Waals surface area contributed by atoms with Gasteiger partial charge in [-0.3, -0.25) is 0 Å². The monoisotopic (exact) mass is 270 g/mol. The van der Waals surface area contributed by atoms with Crippen molar-refractivity contribution >= 4 is 11.7 Å². The fourth-order valence-electron chi connectivity index (χ4n) is 1.74. The molecule has 0 saturated heterocycles. The summed E-state index contributed by atoms with van der Waals surface area (Å²) in [4.78, 5) is 10.8. The number of carbonyl (C=O) groups is 1. The fraction of sp³-hybridized carbons (Fsp3) is 0.0667. The summed E-state index contributed by atoms with van der Waals surface area (Å²) in [5.41, 5.74) is 1.46. The highest BCUT2D eigenvalue weighted by molar-refractivity contribution is 5.87. The highest BCUT2D eigenvalue weighted by Crippen LogP contribution is 2.15. The van der Waals surface area contributed by atoms with Crippen LogP contribution in [0, 0.1) is 17.1 Å². The van der Waals surface area contributed by atoms with Gasteiger partial charge in [0.05, 0.1) is 17.2 Å². The molecular weight excluding hydrogens is 259 g/mol. The van der Waals surface area contributed by atoms with Crippen LogP contribution in [0.2, 0.25) is 0 Å². The van der Waals surface area contributed by atoms with Gasteiger partial charge in [0.25, 0.3) is 0 Å². The molecular formula is C15H11FN2O2. The molecule has 5 heteroatoms. The molecule has 0 aromatic heterocycles. The van der Waals surface area contributed by atoms with E-state index in [-0.39, 0.29) is 17.7 Å². The molecule has 0 spiro atoms. The lowest BCUT2D eigenvalue weighted by molar-refractivity contribution is 0.0696. The van der Waals surface area contributed by atoms with Crippen LogP contribution in [0.15, 0.2) is 42.5 Å². The molecule has 20 heavy (non-hydrogen) atoms. The minimum absolute atomic E-state index is 0.0361. The van der Waals surface area contributed by atoms with Crippen LogP contribution in [0.3, 0.4) is 0 Å². The van der Waals surface area contributed by atoms with Crippen molar-refractivity contribution in [2.75, 3.05) is 5.32 Å². The fourth-order valence-corrected chi connectivity index (χ4v) is 1.74. The van der Waals surface area contributed by atoms with E-state index in [2.05, 4.69) is 5.32 Å². The number of hydrogen-bond acceptors (Lipinski definition) is 3. The zero-order valence-corrected chi connectivity index (χ0v) is 10.4. The van der Waals surface area contributed by atoms with Gasteiger partial charge in [0.15, 0.2) is 0 Å². The molecule has 2 N–H and O–H groups in total. The zero-order valence-electron chi connectivity index (χ0n) is 10.4. The van der Waals surface area contributed by atoms with E-state index >= 15 is 0 Å². The highest BCUT2D eigenvalue weighted by atomic mass is 19.1. The first-order valence-electron chi connectivity index (χ1n) is 5.86. The van der Waals surface area contributed by atoms with Gasteiger partial charge in [-0.1, -0.05) is 6.07 Å². The number of nitrogens with one attached hydrogen (secondary N) is 1. The van der Waals surface area contributed by atoms with E-state index in [1.54, 1.807) is 24.3 Å². The maximum atomic E-state index is 13.6. The van der Waals surface area contributed by atoms with Crippen molar-refractivity contribution < 1.29 is 14.3 Å². The van der Waals surface area contributed by atoms with Crippen LogP contribution in [0.25, 0.3) is 0 Å². The lowest BCUT2D eigenvalue weighted by Gasteiger charge is -2.08. The molecule has 0 aliphatic heterocycles. The van der Waals surface area contributed by atoms with Crippen molar-refractivity contribution in [3.8, 4) is 6.07 Å². The Balaban J connectivity index is 2.16. The van der Waals surface area contributed by atoms with Crippen molar-refractivity contribution in [2.24, 2.45) is 0 Å². The number of carboxylic acid groups (broad SMARTS) is 1. The maximum Gasteiger partial charge on any atom is 0.335 e. The Kier molecular flexibility index (Phi) is 3.96. The number of nitrogens with zero attached hydrogens (tertiary/aromatic N) is 1. The predicted molar refractivity (Wildman–Crippen MR) is 71.8 cm³/mol. The maximum absolute atomic E-state index is 13.6. The third kappa shape index (κ3) is 3.12. The van der Waals surface area contributed by atoms with E-state index in [1.807, 2.05) is 6.07 Å². The van der Waals surface area contributed by atoms with Crippen LogP contribution in [-0.2, 0) is 6.54 Å². The lowest BCUT2D eigenvalue weighted by Crippen LogP contribution is -2.05. The van der Waals surface area contributed by atoms with Gasteiger partial charge >= 0.3 is 5.97 Å². The second-order valence-electron chi connectivity index (χ2n) is 4.16. The second-order valence-corrected chi connectivity index (χ2v) is 4.16. The molecule has 0 aliphatic carbocycles. The summed E-state index contributed by atoms with van der Waals surface area (Å²) in [5, 5.41) is 20.6. The average molecular weight is 270 g/mol. The van der Waals surface area contributed by atoms with Crippen LogP contribution in [0.1, 0.15) is 21.5 Å². The first kappa shape index (κ1) is 13.6. The van der Waals surface area contributed by atoms with Crippen LogP contribution in [0.5, 0.6) is 0 Å². The van der Waals surface area contributed by atoms with E-state index in [4.69, 9.17) is 10.4 Å². The number of carboxylic acids is 1. The van der Waals surface area contributed by atoms with E-state index in [0.29, 0.717) is 11.3 Å². The Morgan fingerprint density at radius 3 is 2.80 bits per heavy atom. The zero-order chi connectivity index (χ0) is 14.5. The molecule has 0 aliphatic rings. The van der Waals surface area contributed by atoms with Crippen molar-refractivity contribution in [1.82, 2.24) is 0 Å². The Morgan fingerprint density at radius 2 is 2.10 bits per heavy atom. The van der Waals surface area contributed by atoms with Gasteiger partial charge in [0.2, 0.25) is 0 Å². The molecule has 0 radical (unpaired) electrons. The second kappa shape index (κ2) is 5.85. The number of nitriles is 1. The third-order valence-electron chi connectivity index (χ3n) is 2.77. The van der Waals surface area contributed by atoms with E-state index < -0.39 is 11.8 Å². The summed E-state index contributed by atoms with van der Waals surface area (Å²) in [6.45, 7) is 0.141. The molecule has 0 bridgehead atoms.